The number of aromatic nitrogens is 2. The first-order valence-corrected chi connectivity index (χ1v) is 7.56. The number of nitrogens with zero attached hydrogens (tertiary/aromatic N) is 3. The van der Waals surface area contributed by atoms with Gasteiger partial charge in [0.1, 0.15) is 6.10 Å². The van der Waals surface area contributed by atoms with Crippen LogP contribution in [-0.4, -0.2) is 40.0 Å². The summed E-state index contributed by atoms with van der Waals surface area (Å²) in [6.07, 6.45) is 7.66. The van der Waals surface area contributed by atoms with Crippen LogP contribution in [0.1, 0.15) is 35.9 Å². The molecule has 0 bridgehead atoms. The summed E-state index contributed by atoms with van der Waals surface area (Å²) < 4.78 is 11.0. The van der Waals surface area contributed by atoms with Crippen molar-refractivity contribution in [3.05, 3.63) is 42.1 Å². The summed E-state index contributed by atoms with van der Waals surface area (Å²) in [7, 11) is 0. The van der Waals surface area contributed by atoms with Gasteiger partial charge in [0.25, 0.3) is 5.91 Å². The van der Waals surface area contributed by atoms with Crippen molar-refractivity contribution in [1.82, 2.24) is 14.9 Å². The van der Waals surface area contributed by atoms with Crippen LogP contribution >= 0.6 is 0 Å². The zero-order valence-electron chi connectivity index (χ0n) is 12.6. The smallest absolute Gasteiger partial charge is 0.316 e. The minimum atomic E-state index is -0.0967. The number of ether oxygens (including phenoxy) is 1. The van der Waals surface area contributed by atoms with Gasteiger partial charge in [-0.3, -0.25) is 4.79 Å². The quantitative estimate of drug-likeness (QED) is 0.867. The Morgan fingerprint density at radius 3 is 2.95 bits per heavy atom. The molecule has 1 fully saturated rings. The summed E-state index contributed by atoms with van der Waals surface area (Å²) in [5.41, 5.74) is 1.07. The van der Waals surface area contributed by atoms with Crippen LogP contribution in [0.15, 0.2) is 35.2 Å². The molecule has 1 unspecified atom stereocenters. The molecule has 3 rings (SSSR count). The average molecular weight is 301 g/mol. The van der Waals surface area contributed by atoms with E-state index in [-0.39, 0.29) is 12.0 Å². The molecule has 116 valence electrons. The molecule has 6 heteroatoms. The Hall–Kier alpha value is -2.37. The summed E-state index contributed by atoms with van der Waals surface area (Å²) in [6, 6.07) is 3.77. The number of likely N-dealkylation sites (tertiary alicyclic amines) is 1. The highest BCUT2D eigenvalue weighted by Gasteiger charge is 2.27. The lowest BCUT2D eigenvalue weighted by atomic mass is 10.1. The van der Waals surface area contributed by atoms with Gasteiger partial charge in [0, 0.05) is 18.9 Å². The van der Waals surface area contributed by atoms with E-state index in [0.29, 0.717) is 18.3 Å². The van der Waals surface area contributed by atoms with Crippen molar-refractivity contribution in [2.24, 2.45) is 0 Å². The van der Waals surface area contributed by atoms with Crippen molar-refractivity contribution < 1.29 is 13.9 Å². The van der Waals surface area contributed by atoms with Gasteiger partial charge in [-0.15, -0.1) is 0 Å². The van der Waals surface area contributed by atoms with Gasteiger partial charge in [-0.2, -0.15) is 0 Å². The molecule has 2 aromatic heterocycles. The second-order valence-corrected chi connectivity index (χ2v) is 5.34. The molecule has 3 heterocycles. The third-order valence-corrected chi connectivity index (χ3v) is 3.76. The Balaban J connectivity index is 1.61. The molecule has 0 N–H and O–H groups in total. The number of carbonyl (C=O) groups is 1. The molecule has 0 radical (unpaired) electrons. The van der Waals surface area contributed by atoms with Crippen molar-refractivity contribution in [2.75, 3.05) is 13.1 Å². The lowest BCUT2D eigenvalue weighted by Gasteiger charge is -2.31. The highest BCUT2D eigenvalue weighted by Crippen LogP contribution is 2.17. The third kappa shape index (κ3) is 3.27. The first-order valence-electron chi connectivity index (χ1n) is 7.56. The van der Waals surface area contributed by atoms with Crippen molar-refractivity contribution >= 4 is 5.91 Å². The van der Waals surface area contributed by atoms with E-state index in [4.69, 9.17) is 9.15 Å². The van der Waals surface area contributed by atoms with E-state index < -0.39 is 0 Å². The van der Waals surface area contributed by atoms with E-state index >= 15 is 0 Å². The predicted molar refractivity (Wildman–Crippen MR) is 79.7 cm³/mol. The van der Waals surface area contributed by atoms with Crippen molar-refractivity contribution in [2.45, 2.75) is 32.3 Å². The van der Waals surface area contributed by atoms with Crippen LogP contribution in [0.2, 0.25) is 0 Å². The molecule has 1 amide bonds. The summed E-state index contributed by atoms with van der Waals surface area (Å²) in [5.74, 6) is 0.268. The van der Waals surface area contributed by atoms with E-state index in [9.17, 15) is 4.79 Å². The highest BCUT2D eigenvalue weighted by molar-refractivity contribution is 5.91. The highest BCUT2D eigenvalue weighted by atomic mass is 16.5. The maximum Gasteiger partial charge on any atom is 0.316 e. The number of hydrogen-bond donors (Lipinski definition) is 0. The van der Waals surface area contributed by atoms with Gasteiger partial charge >= 0.3 is 6.01 Å². The summed E-state index contributed by atoms with van der Waals surface area (Å²) in [4.78, 5) is 22.5. The Labute approximate surface area is 129 Å². The Morgan fingerprint density at radius 2 is 2.27 bits per heavy atom. The number of rotatable bonds is 4. The van der Waals surface area contributed by atoms with Crippen LogP contribution in [0, 0.1) is 0 Å². The maximum atomic E-state index is 12.3. The van der Waals surface area contributed by atoms with E-state index in [2.05, 4.69) is 16.9 Å². The van der Waals surface area contributed by atoms with Crippen LogP contribution in [0.3, 0.4) is 0 Å². The Kier molecular flexibility index (Phi) is 4.37. The Bertz CT molecular complexity index is 610. The molecule has 1 atom stereocenters. The second-order valence-electron chi connectivity index (χ2n) is 5.34. The predicted octanol–water partition coefficient (Wildman–Crippen LogP) is 2.32. The third-order valence-electron chi connectivity index (χ3n) is 3.76. The van der Waals surface area contributed by atoms with Crippen LogP contribution in [0.4, 0.5) is 0 Å². The average Bonchev–Trinajstić information content (AvgIpc) is 3.09. The molecule has 1 saturated heterocycles. The molecule has 22 heavy (non-hydrogen) atoms. The first-order chi connectivity index (χ1) is 10.8. The minimum absolute atomic E-state index is 0.0832. The molecule has 0 saturated carbocycles. The zero-order chi connectivity index (χ0) is 15.4. The van der Waals surface area contributed by atoms with E-state index in [1.807, 2.05) is 0 Å². The Morgan fingerprint density at radius 1 is 1.45 bits per heavy atom. The molecule has 1 aliphatic rings. The van der Waals surface area contributed by atoms with Gasteiger partial charge in [-0.05, 0) is 37.0 Å². The fourth-order valence-corrected chi connectivity index (χ4v) is 2.51. The number of piperidine rings is 1. The molecular formula is C16H19N3O3. The van der Waals surface area contributed by atoms with Gasteiger partial charge in [0.2, 0.25) is 0 Å². The lowest BCUT2D eigenvalue weighted by Crippen LogP contribution is -2.44. The summed E-state index contributed by atoms with van der Waals surface area (Å²) in [6.45, 7) is 3.30. The van der Waals surface area contributed by atoms with Crippen LogP contribution in [-0.2, 0) is 6.42 Å². The van der Waals surface area contributed by atoms with Gasteiger partial charge in [0.15, 0.2) is 5.76 Å². The van der Waals surface area contributed by atoms with Gasteiger partial charge in [-0.1, -0.05) is 6.92 Å². The molecule has 2 aromatic rings. The normalized spacial score (nSPS) is 18.2. The van der Waals surface area contributed by atoms with Gasteiger partial charge < -0.3 is 14.1 Å². The van der Waals surface area contributed by atoms with Crippen LogP contribution in [0.5, 0.6) is 6.01 Å². The van der Waals surface area contributed by atoms with Crippen molar-refractivity contribution in [3.63, 3.8) is 0 Å². The number of amides is 1. The molecule has 6 nitrogen and oxygen atoms in total. The fourth-order valence-electron chi connectivity index (χ4n) is 2.51. The molecular weight excluding hydrogens is 282 g/mol. The van der Waals surface area contributed by atoms with E-state index in [1.165, 1.54) is 6.26 Å². The molecule has 0 spiro atoms. The van der Waals surface area contributed by atoms with Crippen molar-refractivity contribution in [3.8, 4) is 6.01 Å². The monoisotopic (exact) mass is 301 g/mol. The first kappa shape index (κ1) is 14.6. The fraction of sp³-hybridized carbons (Fsp3) is 0.438. The summed E-state index contributed by atoms with van der Waals surface area (Å²) in [5, 5.41) is 0. The minimum Gasteiger partial charge on any atom is -0.459 e. The summed E-state index contributed by atoms with van der Waals surface area (Å²) >= 11 is 0. The standard InChI is InChI=1S/C16H19N3O3/c1-2-12-9-17-16(18-10-12)22-13-5-3-7-19(11-13)15(20)14-6-4-8-21-14/h4,6,8-10,13H,2-3,5,7,11H2,1H3. The second kappa shape index (κ2) is 6.60. The van der Waals surface area contributed by atoms with Crippen LogP contribution < -0.4 is 4.74 Å². The SMILES string of the molecule is CCc1cnc(OC2CCCN(C(=O)c3ccco3)C2)nc1. The topological polar surface area (TPSA) is 68.5 Å². The van der Waals surface area contributed by atoms with Crippen molar-refractivity contribution in [1.29, 1.82) is 0 Å². The van der Waals surface area contributed by atoms with E-state index in [1.54, 1.807) is 29.4 Å². The number of furan rings is 1. The zero-order valence-corrected chi connectivity index (χ0v) is 12.6. The maximum absolute atomic E-state index is 12.3. The number of hydrogen-bond acceptors (Lipinski definition) is 5. The largest absolute Gasteiger partial charge is 0.459 e. The number of aryl methyl sites for hydroxylation is 1. The molecule has 1 aliphatic heterocycles. The van der Waals surface area contributed by atoms with Gasteiger partial charge in [-0.25, -0.2) is 9.97 Å². The molecule has 0 aromatic carbocycles. The van der Waals surface area contributed by atoms with Crippen LogP contribution in [0.25, 0.3) is 0 Å². The van der Waals surface area contributed by atoms with Gasteiger partial charge in [0.05, 0.1) is 12.8 Å². The van der Waals surface area contributed by atoms with E-state index in [0.717, 1.165) is 31.4 Å². The number of carbonyl (C=O) groups excluding carboxylic acids is 1. The lowest BCUT2D eigenvalue weighted by molar-refractivity contribution is 0.0489. The molecule has 0 aliphatic carbocycles.